The summed E-state index contributed by atoms with van der Waals surface area (Å²) in [5, 5.41) is 2.76. The molecule has 0 spiro atoms. The molecule has 6 unspecified atom stereocenters. The topological polar surface area (TPSA) is 233 Å². The molecule has 88 heavy (non-hydrogen) atoms. The van der Waals surface area contributed by atoms with Crippen molar-refractivity contribution in [2.24, 2.45) is 0 Å². The lowest BCUT2D eigenvalue weighted by Crippen LogP contribution is -2.61. The molecule has 3 N–H and O–H groups in total. The van der Waals surface area contributed by atoms with E-state index in [4.69, 9.17) is 80.3 Å². The van der Waals surface area contributed by atoms with E-state index < -0.39 is 62.3 Å². The van der Waals surface area contributed by atoms with Crippen LogP contribution in [0.3, 0.4) is 0 Å². The van der Waals surface area contributed by atoms with Gasteiger partial charge in [-0.3, -0.25) is 4.79 Å². The molecule has 0 radical (unpaired) electrons. The first-order valence-corrected chi connectivity index (χ1v) is 48.1. The zero-order valence-electron chi connectivity index (χ0n) is 58.1. The van der Waals surface area contributed by atoms with Crippen LogP contribution >= 0.6 is 0 Å². The molecule has 1 amide bonds. The third kappa shape index (κ3) is 44.0. The Morgan fingerprint density at radius 2 is 0.920 bits per heavy atom. The average molecular weight is 1380 g/mol. The fourth-order valence-corrected chi connectivity index (χ4v) is 25.1. The molecule has 516 valence electrons. The van der Waals surface area contributed by atoms with Crippen LogP contribution in [0, 0.1) is 0 Å². The van der Waals surface area contributed by atoms with Gasteiger partial charge in [-0.05, 0) is 134 Å². The summed E-state index contributed by atoms with van der Waals surface area (Å²) in [6.07, 6.45) is 7.88. The second-order valence-corrected chi connectivity index (χ2v) is 40.2. The molecule has 28 heteroatoms. The van der Waals surface area contributed by atoms with Crippen molar-refractivity contribution in [3.63, 3.8) is 0 Å². The molecule has 0 aliphatic carbocycles. The third-order valence-corrected chi connectivity index (χ3v) is 29.5. The molecule has 2 aliphatic heterocycles. The average Bonchev–Trinajstić information content (AvgIpc) is 3.44. The van der Waals surface area contributed by atoms with E-state index >= 15 is 0 Å². The standard InChI is InChI=1S/C21H24O4.C16H42O8Si4.C11H25NO4Si.C7H18O2Si.C5H14O2Si/c1-21(2,15-3-7-17(8-4-15)22-11-19-13-24-19)16-5-9-18(10-6-16)23-12-20-14-25-20;1-9-13-18-25(5)22-27(7,20-15-11-3)24-28(8,21-16-12-4)23-26(6,17)19-14-10-2;1-5-14-17(15-6-2,16-7-3)10-8-9-12-11(4)13;1-4-6-8-10(3)9-7-5-2;1-4-5-7-8(2,3)6/h3-10,19-20H,11-14H2,1-2H3;17,25H,9-16H2,1-8H3;5-10H2,1-4H3,(H,12,13);10H,4-7H2,1-3H3;6H,4-5H2,1-3H3. The van der Waals surface area contributed by atoms with Gasteiger partial charge in [-0.15, -0.1) is 0 Å². The van der Waals surface area contributed by atoms with Crippen LogP contribution in [0.4, 0.5) is 0 Å². The van der Waals surface area contributed by atoms with E-state index in [2.05, 4.69) is 70.7 Å². The van der Waals surface area contributed by atoms with Crippen LogP contribution in [0.15, 0.2) is 48.5 Å². The van der Waals surface area contributed by atoms with Gasteiger partial charge >= 0.3 is 62.3 Å². The number of hydrogen-bond donors (Lipinski definition) is 3. The van der Waals surface area contributed by atoms with Gasteiger partial charge in [0.15, 0.2) is 0 Å². The number of carbonyl (C=O) groups excluding carboxylic acids is 1. The molecule has 21 nitrogen and oxygen atoms in total. The smallest absolute Gasteiger partial charge is 0.491 e. The van der Waals surface area contributed by atoms with Gasteiger partial charge in [-0.1, -0.05) is 86.6 Å². The van der Waals surface area contributed by atoms with E-state index in [1.807, 2.05) is 85.8 Å². The van der Waals surface area contributed by atoms with Crippen LogP contribution in [0.25, 0.3) is 0 Å². The Bertz CT molecular complexity index is 1910. The predicted octanol–water partition coefficient (Wildman–Crippen LogP) is 11.2. The Balaban J connectivity index is 0.00000115. The monoisotopic (exact) mass is 1370 g/mol. The van der Waals surface area contributed by atoms with Crippen molar-refractivity contribution in [2.75, 3.05) is 99.0 Å². The molecule has 0 bridgehead atoms. The third-order valence-electron chi connectivity index (χ3n) is 12.1. The molecule has 2 aliphatic rings. The van der Waals surface area contributed by atoms with Gasteiger partial charge in [0.05, 0.1) is 13.2 Å². The Hall–Kier alpha value is -1.65. The summed E-state index contributed by atoms with van der Waals surface area (Å²) < 4.78 is 96.6. The van der Waals surface area contributed by atoms with E-state index in [0.29, 0.717) is 72.6 Å². The molecular weight excluding hydrogens is 1250 g/mol. The summed E-state index contributed by atoms with van der Waals surface area (Å²) in [6, 6.07) is 17.4. The lowest BCUT2D eigenvalue weighted by Gasteiger charge is -2.38. The molecule has 2 aromatic carbocycles. The summed E-state index contributed by atoms with van der Waals surface area (Å²) in [5.41, 5.74) is 2.42. The van der Waals surface area contributed by atoms with E-state index in [0.717, 1.165) is 95.3 Å². The minimum absolute atomic E-state index is 0.0125. The van der Waals surface area contributed by atoms with Crippen molar-refractivity contribution in [3.05, 3.63) is 59.7 Å². The van der Waals surface area contributed by atoms with Gasteiger partial charge in [-0.2, -0.15) is 0 Å². The van der Waals surface area contributed by atoms with Crippen molar-refractivity contribution in [3.8, 4) is 11.5 Å². The second kappa shape index (κ2) is 49.0. The molecule has 2 heterocycles. The molecule has 0 aromatic heterocycles. The van der Waals surface area contributed by atoms with E-state index in [1.54, 1.807) is 26.2 Å². The van der Waals surface area contributed by atoms with Crippen LogP contribution in [0.5, 0.6) is 11.5 Å². The predicted molar refractivity (Wildman–Crippen MR) is 364 cm³/mol. The Morgan fingerprint density at radius 3 is 1.27 bits per heavy atom. The number of hydrogen-bond acceptors (Lipinski definition) is 20. The number of nitrogens with one attached hydrogen (secondary N) is 1. The molecule has 0 saturated carbocycles. The molecular formula is C60H123NO20Si7. The van der Waals surface area contributed by atoms with Gasteiger partial charge in [0.2, 0.25) is 5.91 Å². The Labute approximate surface area is 541 Å². The summed E-state index contributed by atoms with van der Waals surface area (Å²) in [7, 11) is -17.6. The van der Waals surface area contributed by atoms with E-state index in [9.17, 15) is 9.59 Å². The number of benzene rings is 2. The molecule has 6 atom stereocenters. The minimum atomic E-state index is -3.40. The maximum Gasteiger partial charge on any atom is 0.500 e. The van der Waals surface area contributed by atoms with Gasteiger partial charge in [0.1, 0.15) is 36.9 Å². The van der Waals surface area contributed by atoms with Crippen LogP contribution in [0.1, 0.15) is 153 Å². The number of carbonyl (C=O) groups is 1. The molecule has 4 rings (SSSR count). The molecule has 2 fully saturated rings. The highest BCUT2D eigenvalue weighted by atomic mass is 28.5. The van der Waals surface area contributed by atoms with Gasteiger partial charge in [0.25, 0.3) is 0 Å². The maximum atomic E-state index is 10.8. The van der Waals surface area contributed by atoms with Crippen molar-refractivity contribution < 1.29 is 89.9 Å². The first-order chi connectivity index (χ1) is 41.6. The van der Waals surface area contributed by atoms with Crippen molar-refractivity contribution in [1.29, 1.82) is 0 Å². The number of amides is 1. The van der Waals surface area contributed by atoms with Crippen molar-refractivity contribution in [1.82, 2.24) is 5.32 Å². The van der Waals surface area contributed by atoms with Gasteiger partial charge in [0, 0.05) is 111 Å². The largest absolute Gasteiger partial charge is 0.500 e. The lowest BCUT2D eigenvalue weighted by molar-refractivity contribution is -0.119. The fourth-order valence-electron chi connectivity index (χ4n) is 7.71. The van der Waals surface area contributed by atoms with Gasteiger partial charge < -0.3 is 90.5 Å². The summed E-state index contributed by atoms with van der Waals surface area (Å²) in [5.74, 6) is 1.77. The first-order valence-electron chi connectivity index (χ1n) is 32.4. The Morgan fingerprint density at radius 1 is 0.545 bits per heavy atom. The van der Waals surface area contributed by atoms with E-state index in [-0.39, 0.29) is 23.5 Å². The fraction of sp³-hybridized carbons (Fsp3) is 0.783. The highest BCUT2D eigenvalue weighted by Gasteiger charge is 2.53. The van der Waals surface area contributed by atoms with Crippen molar-refractivity contribution in [2.45, 2.75) is 211 Å². The first kappa shape index (κ1) is 86.3. The van der Waals surface area contributed by atoms with Gasteiger partial charge in [-0.25, -0.2) is 0 Å². The lowest BCUT2D eigenvalue weighted by atomic mass is 9.78. The SMILES string of the molecule is CC(C)(c1ccc(OCC2CO2)cc1)c1ccc(OCC2CO2)cc1.CCCO[SiH](C)OCCC.CCCO[SiH](C)O[Si](C)(OCCC)O[Si](C)(OCCC)O[Si](C)(O)OCCC.CCCO[Si](C)(C)O.CCO[Si](CCCNC(C)=O)(OCC)OCC. The second-order valence-electron chi connectivity index (χ2n) is 22.3. The summed E-state index contributed by atoms with van der Waals surface area (Å²) in [4.78, 5) is 30.5. The Kier molecular flexibility index (Phi) is 48.1. The zero-order valence-corrected chi connectivity index (χ0v) is 65.5. The number of epoxide rings is 2. The van der Waals surface area contributed by atoms with Crippen molar-refractivity contribution >= 4 is 68.3 Å². The summed E-state index contributed by atoms with van der Waals surface area (Å²) in [6.45, 7) is 48.6. The van der Waals surface area contributed by atoms with Crippen LogP contribution < -0.4 is 14.8 Å². The van der Waals surface area contributed by atoms with Crippen LogP contribution in [-0.2, 0) is 76.3 Å². The molecule has 2 saturated heterocycles. The highest BCUT2D eigenvalue weighted by molar-refractivity contribution is 6.81. The van der Waals surface area contributed by atoms with Crippen LogP contribution in [-0.4, -0.2) is 189 Å². The minimum Gasteiger partial charge on any atom is -0.491 e. The van der Waals surface area contributed by atoms with E-state index in [1.165, 1.54) is 18.1 Å². The zero-order chi connectivity index (χ0) is 66.6. The number of ether oxygens (including phenoxy) is 4. The summed E-state index contributed by atoms with van der Waals surface area (Å²) >= 11 is 0. The number of rotatable bonds is 45. The molecule has 2 aromatic rings. The quantitative estimate of drug-likeness (QED) is 0.0318. The normalized spacial score (nSPS) is 16.9. The highest BCUT2D eigenvalue weighted by Crippen LogP contribution is 2.34. The maximum absolute atomic E-state index is 10.8. The van der Waals surface area contributed by atoms with Crippen LogP contribution in [0.2, 0.25) is 51.9 Å².